The number of aromatic nitrogens is 2. The molecular formula is C47H52F6N6O8. The molecule has 2 fully saturated rings. The number of pyridine rings is 2. The van der Waals surface area contributed by atoms with E-state index in [9.17, 15) is 50.3 Å². The van der Waals surface area contributed by atoms with Crippen LogP contribution < -0.4 is 31.2 Å². The smallest absolute Gasteiger partial charge is 0.413 e. The Kier molecular flexibility index (Phi) is 18.1. The second-order valence-electron chi connectivity index (χ2n) is 17.1. The van der Waals surface area contributed by atoms with Crippen LogP contribution in [-0.4, -0.2) is 70.3 Å². The van der Waals surface area contributed by atoms with Gasteiger partial charge in [-0.1, -0.05) is 25.7 Å². The van der Waals surface area contributed by atoms with Crippen molar-refractivity contribution >= 4 is 41.1 Å². The summed E-state index contributed by atoms with van der Waals surface area (Å²) in [4.78, 5) is 71.1. The van der Waals surface area contributed by atoms with Crippen molar-refractivity contribution in [1.82, 2.24) is 20.6 Å². The van der Waals surface area contributed by atoms with E-state index in [1.54, 1.807) is 39.0 Å². The van der Waals surface area contributed by atoms with Gasteiger partial charge < -0.3 is 30.6 Å². The molecule has 2 atom stereocenters. The molecule has 0 bridgehead atoms. The summed E-state index contributed by atoms with van der Waals surface area (Å²) in [5.74, 6) is -11.8. The number of nitrogens with zero attached hydrogens (tertiary/aromatic N) is 2. The number of Topliss-reactive ketones (excluding diaryl/α,β-unsaturated/α-hetero) is 2. The van der Waals surface area contributed by atoms with E-state index in [4.69, 9.17) is 19.9 Å². The number of rotatable bonds is 17. The van der Waals surface area contributed by atoms with E-state index in [0.29, 0.717) is 48.2 Å². The Labute approximate surface area is 382 Å². The lowest BCUT2D eigenvalue weighted by Gasteiger charge is -2.21. The predicted octanol–water partition coefficient (Wildman–Crippen LogP) is 7.66. The molecule has 5 N–H and O–H groups in total. The van der Waals surface area contributed by atoms with Crippen LogP contribution in [0, 0.1) is 46.7 Å². The fraction of sp³-hybridized carbons (Fsp3) is 0.426. The Morgan fingerprint density at radius 1 is 0.642 bits per heavy atom. The number of nitrogens with two attached hydrogens (primary N) is 1. The minimum Gasteiger partial charge on any atom is -0.480 e. The van der Waals surface area contributed by atoms with E-state index in [-0.39, 0.29) is 48.1 Å². The highest BCUT2D eigenvalue weighted by Gasteiger charge is 2.31. The molecule has 20 heteroatoms. The van der Waals surface area contributed by atoms with E-state index in [1.165, 1.54) is 18.5 Å². The maximum Gasteiger partial charge on any atom is 0.413 e. The molecule has 2 aliphatic carbocycles. The third-order valence-corrected chi connectivity index (χ3v) is 10.8. The van der Waals surface area contributed by atoms with Crippen LogP contribution in [0.15, 0.2) is 60.9 Å². The zero-order valence-electron chi connectivity index (χ0n) is 37.1. The molecule has 2 heterocycles. The Balaban J connectivity index is 0.000000256. The highest BCUT2D eigenvalue weighted by molar-refractivity contribution is 5.92. The van der Waals surface area contributed by atoms with Crippen LogP contribution in [0.4, 0.5) is 42.8 Å². The van der Waals surface area contributed by atoms with Gasteiger partial charge in [0.2, 0.25) is 23.4 Å². The molecule has 3 amide bonds. The molecular weight excluding hydrogens is 891 g/mol. The van der Waals surface area contributed by atoms with Crippen LogP contribution in [0.5, 0.6) is 11.5 Å². The number of hydrogen-bond acceptors (Lipinski definition) is 11. The van der Waals surface area contributed by atoms with Gasteiger partial charge in [-0.2, -0.15) is 8.78 Å². The number of hydrogen-bond donors (Lipinski definition) is 4. The summed E-state index contributed by atoms with van der Waals surface area (Å²) in [5, 5.41) is 7.93. The monoisotopic (exact) mass is 942 g/mol. The molecule has 2 unspecified atom stereocenters. The third-order valence-electron chi connectivity index (χ3n) is 10.8. The first-order valence-corrected chi connectivity index (χ1v) is 21.6. The van der Waals surface area contributed by atoms with Crippen molar-refractivity contribution in [2.24, 2.45) is 11.8 Å². The molecule has 2 saturated carbocycles. The van der Waals surface area contributed by atoms with Crippen molar-refractivity contribution < 1.29 is 64.5 Å². The number of ketones is 2. The lowest BCUT2D eigenvalue weighted by Crippen LogP contribution is -2.46. The number of nitrogens with one attached hydrogen (secondary N) is 3. The van der Waals surface area contributed by atoms with E-state index < -0.39 is 95.0 Å². The molecule has 67 heavy (non-hydrogen) atoms. The molecule has 0 spiro atoms. The van der Waals surface area contributed by atoms with Gasteiger partial charge in [0.15, 0.2) is 46.3 Å². The number of amides is 3. The topological polar surface area (TPSA) is 201 Å². The van der Waals surface area contributed by atoms with Gasteiger partial charge in [0.25, 0.3) is 0 Å². The minimum atomic E-state index is -1.55. The highest BCUT2D eigenvalue weighted by Crippen LogP contribution is 2.28. The summed E-state index contributed by atoms with van der Waals surface area (Å²) in [6.07, 6.45) is 8.83. The lowest BCUT2D eigenvalue weighted by atomic mass is 10.0. The molecule has 2 aromatic carbocycles. The summed E-state index contributed by atoms with van der Waals surface area (Å²) in [5.41, 5.74) is 6.13. The van der Waals surface area contributed by atoms with Crippen molar-refractivity contribution in [1.29, 1.82) is 0 Å². The predicted molar refractivity (Wildman–Crippen MR) is 232 cm³/mol. The van der Waals surface area contributed by atoms with Crippen LogP contribution in [-0.2, 0) is 36.8 Å². The van der Waals surface area contributed by atoms with Crippen LogP contribution in [0.3, 0.4) is 0 Å². The number of nitrogen functional groups attached to an aromatic ring is 1. The van der Waals surface area contributed by atoms with Gasteiger partial charge in [-0.25, -0.2) is 32.3 Å². The summed E-state index contributed by atoms with van der Waals surface area (Å²) in [6, 6.07) is 6.83. The number of carbonyl (C=O) groups excluding carboxylic acids is 5. The lowest BCUT2D eigenvalue weighted by molar-refractivity contribution is -0.131. The van der Waals surface area contributed by atoms with Crippen molar-refractivity contribution in [2.75, 3.05) is 24.3 Å². The zero-order chi connectivity index (χ0) is 48.8. The maximum atomic E-state index is 14.0. The second kappa shape index (κ2) is 23.6. The SMILES string of the molecule is CC(C)(C)OC(=O)Nc1cc(CC(NC(=O)C2CCCC2)C(=O)COc2c(F)ccc(F)c2F)ccn1.Nc1cc(CC(NC(=O)C2CCCC2)C(=O)COc2c(F)ccc(F)c2F)ccn1. The molecule has 2 aromatic heterocycles. The molecule has 0 radical (unpaired) electrons. The van der Waals surface area contributed by atoms with Crippen LogP contribution in [0.1, 0.15) is 83.3 Å². The quantitative estimate of drug-likeness (QED) is 0.0599. The van der Waals surface area contributed by atoms with Gasteiger partial charge >= 0.3 is 6.09 Å². The number of ether oxygens (including phenoxy) is 3. The van der Waals surface area contributed by atoms with Crippen molar-refractivity contribution in [3.8, 4) is 11.5 Å². The van der Waals surface area contributed by atoms with Crippen molar-refractivity contribution in [3.05, 3.63) is 107 Å². The number of benzene rings is 2. The minimum absolute atomic E-state index is 0.0136. The van der Waals surface area contributed by atoms with E-state index in [2.05, 4.69) is 25.9 Å². The van der Waals surface area contributed by atoms with Gasteiger partial charge in [0.1, 0.15) is 30.5 Å². The first-order valence-electron chi connectivity index (χ1n) is 21.6. The maximum absolute atomic E-state index is 14.0. The van der Waals surface area contributed by atoms with Gasteiger partial charge in [0.05, 0.1) is 12.1 Å². The fourth-order valence-electron chi connectivity index (χ4n) is 7.39. The van der Waals surface area contributed by atoms with E-state index >= 15 is 0 Å². The van der Waals surface area contributed by atoms with E-state index in [1.807, 2.05) is 0 Å². The first-order chi connectivity index (χ1) is 31.8. The van der Waals surface area contributed by atoms with Crippen LogP contribution in [0.2, 0.25) is 0 Å². The van der Waals surface area contributed by atoms with Crippen LogP contribution >= 0.6 is 0 Å². The van der Waals surface area contributed by atoms with E-state index in [0.717, 1.165) is 38.5 Å². The summed E-state index contributed by atoms with van der Waals surface area (Å²) in [6.45, 7) is 3.59. The number of halogens is 6. The Morgan fingerprint density at radius 2 is 1.06 bits per heavy atom. The average molecular weight is 943 g/mol. The Bertz CT molecular complexity index is 2410. The number of anilines is 2. The largest absolute Gasteiger partial charge is 0.480 e. The first kappa shape index (κ1) is 51.3. The molecule has 14 nitrogen and oxygen atoms in total. The van der Waals surface area contributed by atoms with Crippen molar-refractivity contribution in [2.45, 2.75) is 103 Å². The van der Waals surface area contributed by atoms with Gasteiger partial charge in [-0.3, -0.25) is 24.5 Å². The Hall–Kier alpha value is -6.73. The molecule has 360 valence electrons. The third kappa shape index (κ3) is 15.4. The second-order valence-corrected chi connectivity index (χ2v) is 17.1. The van der Waals surface area contributed by atoms with Gasteiger partial charge in [-0.05, 0) is 106 Å². The Morgan fingerprint density at radius 3 is 1.49 bits per heavy atom. The van der Waals surface area contributed by atoms with Crippen molar-refractivity contribution in [3.63, 3.8) is 0 Å². The molecule has 0 aliphatic heterocycles. The van der Waals surface area contributed by atoms with Crippen LogP contribution in [0.25, 0.3) is 0 Å². The zero-order valence-corrected chi connectivity index (χ0v) is 37.1. The summed E-state index contributed by atoms with van der Waals surface area (Å²) < 4.78 is 97.4. The van der Waals surface area contributed by atoms with Gasteiger partial charge in [0, 0.05) is 37.1 Å². The summed E-state index contributed by atoms with van der Waals surface area (Å²) >= 11 is 0. The van der Waals surface area contributed by atoms with Gasteiger partial charge in [-0.15, -0.1) is 0 Å². The molecule has 6 rings (SSSR count). The normalized spacial score (nSPS) is 14.8. The molecule has 4 aromatic rings. The summed E-state index contributed by atoms with van der Waals surface area (Å²) in [7, 11) is 0. The standard InChI is InChI=1S/C26H30F3N3O5.C21H22F3N3O3/c1-26(2,3)37-25(35)32-21-13-15(10-11-30-21)12-19(31-24(34)16-6-4-5-7-16)20(33)14-36-23-18(28)9-8-17(27)22(23)29;22-14-5-6-15(23)20(19(14)24)30-11-17(28)16(9-12-7-8-26-18(25)10-12)27-21(29)13-3-1-2-4-13/h8-11,13,16,19H,4-7,12,14H2,1-3H3,(H,31,34)(H,30,32,35);5-8,10,13,16H,1-4,9,11H2,(H2,25,26)(H,27,29). The molecule has 0 saturated heterocycles. The average Bonchev–Trinajstić information content (AvgIpc) is 4.02. The fourth-order valence-corrected chi connectivity index (χ4v) is 7.39. The molecule has 2 aliphatic rings. The highest BCUT2D eigenvalue weighted by atomic mass is 19.2. The number of carbonyl (C=O) groups is 5.